The van der Waals surface area contributed by atoms with Crippen LogP contribution in [-0.2, 0) is 6.54 Å². The topological polar surface area (TPSA) is 42.2 Å². The minimum Gasteiger partial charge on any atom is -0.387 e. The van der Waals surface area contributed by atoms with Gasteiger partial charge in [0.05, 0.1) is 12.6 Å². The van der Waals surface area contributed by atoms with E-state index in [4.69, 9.17) is 0 Å². The van der Waals surface area contributed by atoms with Crippen molar-refractivity contribution in [3.05, 3.63) is 69.6 Å². The Balaban J connectivity index is 2.25. The third-order valence-electron chi connectivity index (χ3n) is 3.05. The number of hydrogen-bond acceptors (Lipinski definition) is 2. The average Bonchev–Trinajstić information content (AvgIpc) is 2.32. The van der Waals surface area contributed by atoms with E-state index in [0.29, 0.717) is 0 Å². The van der Waals surface area contributed by atoms with Gasteiger partial charge in [-0.05, 0) is 31.0 Å². The zero-order chi connectivity index (χ0) is 13.1. The second-order valence-corrected chi connectivity index (χ2v) is 4.57. The molecule has 94 valence electrons. The van der Waals surface area contributed by atoms with Gasteiger partial charge in [0.2, 0.25) is 0 Å². The maximum Gasteiger partial charge on any atom is 0.250 e. The summed E-state index contributed by atoms with van der Waals surface area (Å²) in [4.78, 5) is 11.6. The maximum absolute atomic E-state index is 11.6. The van der Waals surface area contributed by atoms with Crippen LogP contribution in [0.25, 0.3) is 0 Å². The van der Waals surface area contributed by atoms with Crippen LogP contribution >= 0.6 is 0 Å². The average molecular weight is 243 g/mol. The molecule has 1 aromatic carbocycles. The Kier molecular flexibility index (Phi) is 3.63. The van der Waals surface area contributed by atoms with Gasteiger partial charge >= 0.3 is 0 Å². The Morgan fingerprint density at radius 3 is 2.67 bits per heavy atom. The smallest absolute Gasteiger partial charge is 0.250 e. The van der Waals surface area contributed by atoms with Crippen molar-refractivity contribution in [1.29, 1.82) is 0 Å². The predicted octanol–water partition coefficient (Wildman–Crippen LogP) is 2.20. The van der Waals surface area contributed by atoms with Gasteiger partial charge in [-0.1, -0.05) is 29.8 Å². The van der Waals surface area contributed by atoms with Crippen molar-refractivity contribution in [2.45, 2.75) is 26.5 Å². The van der Waals surface area contributed by atoms with Crippen LogP contribution in [0.2, 0.25) is 0 Å². The second kappa shape index (κ2) is 5.19. The van der Waals surface area contributed by atoms with E-state index in [1.54, 1.807) is 18.3 Å². The molecular formula is C15H17NO2. The zero-order valence-corrected chi connectivity index (χ0v) is 10.6. The molecule has 0 bridgehead atoms. The molecule has 2 aromatic rings. The summed E-state index contributed by atoms with van der Waals surface area (Å²) in [6.45, 7) is 4.27. The Hall–Kier alpha value is -1.87. The van der Waals surface area contributed by atoms with Crippen molar-refractivity contribution in [2.75, 3.05) is 0 Å². The van der Waals surface area contributed by atoms with E-state index in [1.165, 1.54) is 16.2 Å². The Labute approximate surface area is 106 Å². The van der Waals surface area contributed by atoms with Crippen LogP contribution in [0.15, 0.2) is 47.4 Å². The lowest BCUT2D eigenvalue weighted by Gasteiger charge is -2.15. The molecule has 0 saturated heterocycles. The summed E-state index contributed by atoms with van der Waals surface area (Å²) in [5.74, 6) is 0. The molecule has 0 aliphatic heterocycles. The van der Waals surface area contributed by atoms with Gasteiger partial charge in [-0.25, -0.2) is 0 Å². The van der Waals surface area contributed by atoms with Crippen LogP contribution in [0.4, 0.5) is 0 Å². The minimum atomic E-state index is -0.661. The zero-order valence-electron chi connectivity index (χ0n) is 10.6. The number of aliphatic hydroxyl groups excluding tert-OH is 1. The number of rotatable bonds is 3. The minimum absolute atomic E-state index is 0.0960. The highest BCUT2D eigenvalue weighted by Crippen LogP contribution is 2.19. The van der Waals surface area contributed by atoms with E-state index in [2.05, 4.69) is 0 Å². The van der Waals surface area contributed by atoms with Crippen molar-refractivity contribution >= 4 is 0 Å². The van der Waals surface area contributed by atoms with E-state index in [-0.39, 0.29) is 12.1 Å². The third kappa shape index (κ3) is 2.68. The van der Waals surface area contributed by atoms with E-state index < -0.39 is 6.10 Å². The summed E-state index contributed by atoms with van der Waals surface area (Å²) in [6, 6.07) is 10.9. The van der Waals surface area contributed by atoms with E-state index in [9.17, 15) is 9.90 Å². The van der Waals surface area contributed by atoms with E-state index in [1.807, 2.05) is 32.0 Å². The first kappa shape index (κ1) is 12.6. The molecule has 0 spiro atoms. The van der Waals surface area contributed by atoms with Gasteiger partial charge in [0.25, 0.3) is 5.56 Å². The number of hydrogen-bond donors (Lipinski definition) is 1. The molecule has 0 fully saturated rings. The summed E-state index contributed by atoms with van der Waals surface area (Å²) >= 11 is 0. The largest absolute Gasteiger partial charge is 0.387 e. The summed E-state index contributed by atoms with van der Waals surface area (Å²) in [5, 5.41) is 10.2. The van der Waals surface area contributed by atoms with Crippen LogP contribution in [0.1, 0.15) is 22.8 Å². The first-order valence-corrected chi connectivity index (χ1v) is 5.98. The molecule has 1 heterocycles. The molecule has 18 heavy (non-hydrogen) atoms. The fraction of sp³-hybridized carbons (Fsp3) is 0.267. The van der Waals surface area contributed by atoms with Crippen molar-refractivity contribution in [2.24, 2.45) is 0 Å². The van der Waals surface area contributed by atoms with Crippen molar-refractivity contribution in [1.82, 2.24) is 4.57 Å². The summed E-state index contributed by atoms with van der Waals surface area (Å²) in [5.41, 5.74) is 2.99. The highest BCUT2D eigenvalue weighted by Gasteiger charge is 2.11. The molecular weight excluding hydrogens is 226 g/mol. The second-order valence-electron chi connectivity index (χ2n) is 4.57. The van der Waals surface area contributed by atoms with Gasteiger partial charge in [-0.2, -0.15) is 0 Å². The monoisotopic (exact) mass is 243 g/mol. The lowest BCUT2D eigenvalue weighted by Crippen LogP contribution is -2.21. The van der Waals surface area contributed by atoms with Crippen LogP contribution in [0, 0.1) is 13.8 Å². The lowest BCUT2D eigenvalue weighted by atomic mass is 10.0. The highest BCUT2D eigenvalue weighted by atomic mass is 16.3. The molecule has 0 aliphatic rings. The van der Waals surface area contributed by atoms with Gasteiger partial charge in [0, 0.05) is 12.3 Å². The number of aromatic nitrogens is 1. The number of pyridine rings is 1. The lowest BCUT2D eigenvalue weighted by molar-refractivity contribution is 0.154. The first-order valence-electron chi connectivity index (χ1n) is 5.98. The van der Waals surface area contributed by atoms with Gasteiger partial charge in [-0.3, -0.25) is 4.79 Å². The Bertz CT molecular complexity index is 601. The number of aryl methyl sites for hydroxylation is 2. The predicted molar refractivity (Wildman–Crippen MR) is 71.6 cm³/mol. The van der Waals surface area contributed by atoms with Gasteiger partial charge in [0.1, 0.15) is 0 Å². The van der Waals surface area contributed by atoms with Crippen LogP contribution in [0.5, 0.6) is 0 Å². The number of aliphatic hydroxyl groups is 1. The quantitative estimate of drug-likeness (QED) is 0.898. The first-order chi connectivity index (χ1) is 8.58. The molecule has 1 unspecified atom stereocenters. The number of benzene rings is 1. The van der Waals surface area contributed by atoms with E-state index >= 15 is 0 Å². The Morgan fingerprint density at radius 2 is 2.00 bits per heavy atom. The molecule has 0 aliphatic carbocycles. The third-order valence-corrected chi connectivity index (χ3v) is 3.05. The van der Waals surface area contributed by atoms with Gasteiger partial charge in [0.15, 0.2) is 0 Å². The molecule has 1 N–H and O–H groups in total. The maximum atomic E-state index is 11.6. The summed E-state index contributed by atoms with van der Waals surface area (Å²) in [7, 11) is 0. The molecule has 2 rings (SSSR count). The van der Waals surface area contributed by atoms with Crippen LogP contribution in [0.3, 0.4) is 0 Å². The van der Waals surface area contributed by atoms with Crippen LogP contribution < -0.4 is 5.56 Å². The SMILES string of the molecule is Cc1ccc(C(O)Cn2ccccc2=O)c(C)c1. The van der Waals surface area contributed by atoms with Crippen molar-refractivity contribution in [3.63, 3.8) is 0 Å². The summed E-state index contributed by atoms with van der Waals surface area (Å²) in [6.07, 6.45) is 1.03. The fourth-order valence-corrected chi connectivity index (χ4v) is 2.10. The van der Waals surface area contributed by atoms with Crippen molar-refractivity contribution < 1.29 is 5.11 Å². The molecule has 1 aromatic heterocycles. The van der Waals surface area contributed by atoms with Gasteiger partial charge in [-0.15, -0.1) is 0 Å². The Morgan fingerprint density at radius 1 is 1.22 bits per heavy atom. The standard InChI is InChI=1S/C15H17NO2/c1-11-6-7-13(12(2)9-11)14(17)10-16-8-4-3-5-15(16)18/h3-9,14,17H,10H2,1-2H3. The summed E-state index contributed by atoms with van der Waals surface area (Å²) < 4.78 is 1.52. The fourth-order valence-electron chi connectivity index (χ4n) is 2.10. The normalized spacial score (nSPS) is 12.4. The van der Waals surface area contributed by atoms with Crippen LogP contribution in [-0.4, -0.2) is 9.67 Å². The number of nitrogens with zero attached hydrogens (tertiary/aromatic N) is 1. The van der Waals surface area contributed by atoms with Gasteiger partial charge < -0.3 is 9.67 Å². The molecule has 0 saturated carbocycles. The molecule has 3 heteroatoms. The van der Waals surface area contributed by atoms with Crippen molar-refractivity contribution in [3.8, 4) is 0 Å². The molecule has 1 atom stereocenters. The van der Waals surface area contributed by atoms with E-state index in [0.717, 1.165) is 11.1 Å². The molecule has 3 nitrogen and oxygen atoms in total. The highest BCUT2D eigenvalue weighted by molar-refractivity contribution is 5.31. The molecule has 0 amide bonds. The molecule has 0 radical (unpaired) electrons.